The van der Waals surface area contributed by atoms with E-state index < -0.39 is 33.1 Å². The lowest BCUT2D eigenvalue weighted by atomic mass is 10.2. The van der Waals surface area contributed by atoms with Gasteiger partial charge in [0.15, 0.2) is 0 Å². The normalized spacial score (nSPS) is 11.0. The maximum atomic E-state index is 13.2. The summed E-state index contributed by atoms with van der Waals surface area (Å²) in [5, 5.41) is 19.9. The zero-order valence-electron chi connectivity index (χ0n) is 7.79. The van der Waals surface area contributed by atoms with Crippen molar-refractivity contribution in [1.82, 2.24) is 0 Å². The third-order valence-corrected chi connectivity index (χ3v) is 2.40. The summed E-state index contributed by atoms with van der Waals surface area (Å²) in [5.41, 5.74) is -2.55. The highest BCUT2D eigenvalue weighted by atomic mass is 32.2. The number of nitriles is 1. The van der Waals surface area contributed by atoms with E-state index in [0.29, 0.717) is 6.07 Å². The Kier molecular flexibility index (Phi) is 3.57. The van der Waals surface area contributed by atoms with Crippen molar-refractivity contribution in [2.45, 2.75) is 11.1 Å². The SMILES string of the molecule is N#CSc1c(F)cc([N+](=O)[O-])cc1C(F)(F)F. The Balaban J connectivity index is 3.51. The fourth-order valence-corrected chi connectivity index (χ4v) is 1.58. The third kappa shape index (κ3) is 2.85. The van der Waals surface area contributed by atoms with Crippen LogP contribution in [0.15, 0.2) is 17.0 Å². The number of hydrogen-bond acceptors (Lipinski definition) is 4. The molecule has 0 aromatic heterocycles. The van der Waals surface area contributed by atoms with Crippen molar-refractivity contribution in [1.29, 1.82) is 5.26 Å². The summed E-state index contributed by atoms with van der Waals surface area (Å²) in [6.45, 7) is 0. The Morgan fingerprint density at radius 2 is 2.00 bits per heavy atom. The van der Waals surface area contributed by atoms with Crippen LogP contribution in [0.3, 0.4) is 0 Å². The lowest BCUT2D eigenvalue weighted by molar-refractivity contribution is -0.385. The molecule has 17 heavy (non-hydrogen) atoms. The van der Waals surface area contributed by atoms with Gasteiger partial charge in [-0.05, 0) is 11.8 Å². The molecule has 0 aliphatic heterocycles. The molecule has 0 spiro atoms. The predicted octanol–water partition coefficient (Wildman–Crippen LogP) is 3.33. The molecule has 1 rings (SSSR count). The van der Waals surface area contributed by atoms with Gasteiger partial charge in [0.1, 0.15) is 11.2 Å². The first-order valence-electron chi connectivity index (χ1n) is 3.88. The molecular formula is C8H2F4N2O2S. The number of hydrogen-bond donors (Lipinski definition) is 0. The molecule has 4 nitrogen and oxygen atoms in total. The van der Waals surface area contributed by atoms with Gasteiger partial charge in [-0.25, -0.2) is 4.39 Å². The molecule has 0 amide bonds. The van der Waals surface area contributed by atoms with Crippen LogP contribution in [-0.4, -0.2) is 4.92 Å². The number of alkyl halides is 3. The molecule has 0 bridgehead atoms. The topological polar surface area (TPSA) is 66.9 Å². The molecule has 90 valence electrons. The van der Waals surface area contributed by atoms with Crippen molar-refractivity contribution >= 4 is 17.4 Å². The average molecular weight is 266 g/mol. The molecule has 9 heteroatoms. The number of rotatable bonds is 2. The minimum absolute atomic E-state index is 0.0362. The van der Waals surface area contributed by atoms with E-state index in [1.165, 1.54) is 5.40 Å². The number of nitro benzene ring substituents is 1. The summed E-state index contributed by atoms with van der Waals surface area (Å²) in [4.78, 5) is 8.19. The van der Waals surface area contributed by atoms with Crippen LogP contribution in [0, 0.1) is 26.6 Å². The monoisotopic (exact) mass is 266 g/mol. The lowest BCUT2D eigenvalue weighted by Crippen LogP contribution is -2.09. The highest BCUT2D eigenvalue weighted by Crippen LogP contribution is 2.39. The molecule has 0 aliphatic rings. The molecule has 1 aromatic rings. The van der Waals surface area contributed by atoms with Crippen LogP contribution in [0.5, 0.6) is 0 Å². The van der Waals surface area contributed by atoms with Gasteiger partial charge in [0, 0.05) is 6.07 Å². The van der Waals surface area contributed by atoms with Crippen molar-refractivity contribution in [2.24, 2.45) is 0 Å². The van der Waals surface area contributed by atoms with E-state index in [0.717, 1.165) is 0 Å². The van der Waals surface area contributed by atoms with Crippen molar-refractivity contribution in [3.63, 3.8) is 0 Å². The molecule has 0 fully saturated rings. The number of halogens is 4. The summed E-state index contributed by atoms with van der Waals surface area (Å²) < 4.78 is 50.7. The van der Waals surface area contributed by atoms with Crippen molar-refractivity contribution in [2.75, 3.05) is 0 Å². The summed E-state index contributed by atoms with van der Waals surface area (Å²) in [6, 6.07) is 0.539. The molecule has 0 atom stereocenters. The zero-order valence-corrected chi connectivity index (χ0v) is 8.60. The first-order valence-corrected chi connectivity index (χ1v) is 4.70. The highest BCUT2D eigenvalue weighted by molar-refractivity contribution is 8.03. The summed E-state index contributed by atoms with van der Waals surface area (Å²) in [7, 11) is 0. The number of nitrogens with zero attached hydrogens (tertiary/aromatic N) is 2. The second kappa shape index (κ2) is 4.58. The first-order chi connectivity index (χ1) is 7.77. The number of nitro groups is 1. The Labute approximate surface area is 96.0 Å². The van der Waals surface area contributed by atoms with E-state index in [1.54, 1.807) is 0 Å². The quantitative estimate of drug-likeness (QED) is 0.271. The molecular weight excluding hydrogens is 264 g/mol. The van der Waals surface area contributed by atoms with Crippen LogP contribution in [0.1, 0.15) is 5.56 Å². The van der Waals surface area contributed by atoms with Crippen LogP contribution < -0.4 is 0 Å². The van der Waals surface area contributed by atoms with Gasteiger partial charge in [0.2, 0.25) is 0 Å². The lowest BCUT2D eigenvalue weighted by Gasteiger charge is -2.10. The Bertz CT molecular complexity index is 509. The van der Waals surface area contributed by atoms with E-state index in [2.05, 4.69) is 0 Å². The maximum absolute atomic E-state index is 13.2. The standard InChI is InChI=1S/C8H2F4N2O2S/c9-6-2-4(14(15)16)1-5(8(10,11)12)7(6)17-3-13/h1-2H. The average Bonchev–Trinajstić information content (AvgIpc) is 2.18. The minimum atomic E-state index is -4.97. The van der Waals surface area contributed by atoms with Gasteiger partial charge in [-0.3, -0.25) is 10.1 Å². The van der Waals surface area contributed by atoms with E-state index in [-0.39, 0.29) is 17.8 Å². The van der Waals surface area contributed by atoms with Crippen LogP contribution in [-0.2, 0) is 6.18 Å². The first kappa shape index (κ1) is 13.2. The fraction of sp³-hybridized carbons (Fsp3) is 0.125. The fourth-order valence-electron chi connectivity index (χ4n) is 1.04. The van der Waals surface area contributed by atoms with Gasteiger partial charge in [-0.1, -0.05) is 0 Å². The van der Waals surface area contributed by atoms with Crippen LogP contribution in [0.2, 0.25) is 0 Å². The van der Waals surface area contributed by atoms with E-state index in [1.807, 2.05) is 0 Å². The van der Waals surface area contributed by atoms with Gasteiger partial charge < -0.3 is 0 Å². The summed E-state index contributed by atoms with van der Waals surface area (Å²) in [5.74, 6) is -1.45. The van der Waals surface area contributed by atoms with Crippen molar-refractivity contribution in [3.05, 3.63) is 33.6 Å². The molecule has 0 heterocycles. The molecule has 0 radical (unpaired) electrons. The van der Waals surface area contributed by atoms with E-state index in [9.17, 15) is 27.7 Å². The summed E-state index contributed by atoms with van der Waals surface area (Å²) in [6.07, 6.45) is -4.97. The molecule has 0 unspecified atom stereocenters. The molecule has 0 saturated heterocycles. The molecule has 0 saturated carbocycles. The Morgan fingerprint density at radius 3 is 2.41 bits per heavy atom. The minimum Gasteiger partial charge on any atom is -0.258 e. The van der Waals surface area contributed by atoms with Crippen LogP contribution >= 0.6 is 11.8 Å². The van der Waals surface area contributed by atoms with Crippen LogP contribution in [0.25, 0.3) is 0 Å². The van der Waals surface area contributed by atoms with Crippen molar-refractivity contribution < 1.29 is 22.5 Å². The van der Waals surface area contributed by atoms with Crippen LogP contribution in [0.4, 0.5) is 23.2 Å². The van der Waals surface area contributed by atoms with E-state index in [4.69, 9.17) is 5.26 Å². The Hall–Kier alpha value is -1.82. The molecule has 1 aromatic carbocycles. The smallest absolute Gasteiger partial charge is 0.258 e. The van der Waals surface area contributed by atoms with Gasteiger partial charge in [-0.15, -0.1) is 0 Å². The molecule has 0 aliphatic carbocycles. The summed E-state index contributed by atoms with van der Waals surface area (Å²) >= 11 is -0.0362. The number of non-ortho nitro benzene ring substituents is 1. The van der Waals surface area contributed by atoms with Gasteiger partial charge in [-0.2, -0.15) is 18.4 Å². The number of benzene rings is 1. The number of thioether (sulfide) groups is 1. The van der Waals surface area contributed by atoms with Gasteiger partial charge >= 0.3 is 6.18 Å². The second-order valence-electron chi connectivity index (χ2n) is 2.75. The molecule has 0 N–H and O–H groups in total. The highest BCUT2D eigenvalue weighted by Gasteiger charge is 2.37. The largest absolute Gasteiger partial charge is 0.417 e. The zero-order chi connectivity index (χ0) is 13.2. The predicted molar refractivity (Wildman–Crippen MR) is 49.5 cm³/mol. The van der Waals surface area contributed by atoms with Gasteiger partial charge in [0.05, 0.1) is 21.4 Å². The maximum Gasteiger partial charge on any atom is 0.417 e. The van der Waals surface area contributed by atoms with Gasteiger partial charge in [0.25, 0.3) is 5.69 Å². The second-order valence-corrected chi connectivity index (χ2v) is 3.55. The third-order valence-electron chi connectivity index (χ3n) is 1.69. The number of thiocyanates is 1. The Morgan fingerprint density at radius 1 is 1.41 bits per heavy atom. The van der Waals surface area contributed by atoms with Crippen molar-refractivity contribution in [3.8, 4) is 5.40 Å². The van der Waals surface area contributed by atoms with E-state index >= 15 is 0 Å².